The zero-order valence-electron chi connectivity index (χ0n) is 32.5. The summed E-state index contributed by atoms with van der Waals surface area (Å²) >= 11 is 0. The number of carbonyl (C=O) groups excluding carboxylic acids is 7. The molecular weight excluding hydrogens is 753 g/mol. The van der Waals surface area contributed by atoms with Crippen molar-refractivity contribution in [3.05, 3.63) is 119 Å². The Balaban J connectivity index is 0.879. The van der Waals surface area contributed by atoms with E-state index in [2.05, 4.69) is 31.6 Å². The SMILES string of the molecule is CNC(=O)c1cnc2ccc(-c3ccc(C(=O)NCCCCNC(=O)CNc4cccc5c4C(=O)N(C4CCC(=O)N(C)C4=O)C5=O)cc3)cc2c1Nc1ccccc1. The fraction of sp³-hybridized carbons (Fsp3) is 0.227. The Morgan fingerprint density at radius 1 is 0.797 bits per heavy atom. The molecule has 300 valence electrons. The lowest BCUT2D eigenvalue weighted by molar-refractivity contribution is -0.149. The smallest absolute Gasteiger partial charge is 0.264 e. The first-order valence-corrected chi connectivity index (χ1v) is 19.2. The molecule has 5 N–H and O–H groups in total. The van der Waals surface area contributed by atoms with Crippen LogP contribution in [0.5, 0.6) is 0 Å². The van der Waals surface area contributed by atoms with Gasteiger partial charge in [-0.05, 0) is 78.9 Å². The van der Waals surface area contributed by atoms with E-state index in [0.29, 0.717) is 48.4 Å². The first-order chi connectivity index (χ1) is 28.5. The Bertz CT molecular complexity index is 2490. The minimum absolute atomic E-state index is 0.0403. The van der Waals surface area contributed by atoms with Gasteiger partial charge in [-0.1, -0.05) is 42.5 Å². The highest BCUT2D eigenvalue weighted by molar-refractivity contribution is 6.25. The molecule has 7 rings (SSSR count). The van der Waals surface area contributed by atoms with E-state index < -0.39 is 23.8 Å². The molecule has 2 aliphatic rings. The summed E-state index contributed by atoms with van der Waals surface area (Å²) < 4.78 is 0. The van der Waals surface area contributed by atoms with E-state index in [4.69, 9.17) is 0 Å². The summed E-state index contributed by atoms with van der Waals surface area (Å²) in [6, 6.07) is 26.2. The number of benzene rings is 4. The average molecular weight is 795 g/mol. The number of rotatable bonds is 14. The molecule has 0 aliphatic carbocycles. The van der Waals surface area contributed by atoms with E-state index >= 15 is 0 Å². The van der Waals surface area contributed by atoms with Crippen LogP contribution < -0.4 is 26.6 Å². The Morgan fingerprint density at radius 3 is 2.27 bits per heavy atom. The van der Waals surface area contributed by atoms with Crippen LogP contribution in [0.25, 0.3) is 22.0 Å². The summed E-state index contributed by atoms with van der Waals surface area (Å²) in [5, 5.41) is 15.5. The molecule has 15 heteroatoms. The average Bonchev–Trinajstić information content (AvgIpc) is 3.52. The first kappa shape index (κ1) is 39.8. The van der Waals surface area contributed by atoms with Crippen LogP contribution >= 0.6 is 0 Å². The number of likely N-dealkylation sites (tertiary alicyclic amines) is 1. The van der Waals surface area contributed by atoms with Crippen LogP contribution in [-0.4, -0.2) is 95.9 Å². The number of amides is 7. The number of imide groups is 2. The van der Waals surface area contributed by atoms with E-state index in [0.717, 1.165) is 37.5 Å². The van der Waals surface area contributed by atoms with Gasteiger partial charge in [-0.2, -0.15) is 0 Å². The van der Waals surface area contributed by atoms with E-state index in [1.54, 1.807) is 37.5 Å². The molecule has 4 aromatic carbocycles. The minimum atomic E-state index is -1.07. The van der Waals surface area contributed by atoms with Crippen molar-refractivity contribution in [2.75, 3.05) is 44.4 Å². The second kappa shape index (κ2) is 17.4. The molecule has 15 nitrogen and oxygen atoms in total. The lowest BCUT2D eigenvalue weighted by Crippen LogP contribution is -2.54. The Kier molecular flexibility index (Phi) is 11.7. The molecule has 0 spiro atoms. The van der Waals surface area contributed by atoms with Crippen molar-refractivity contribution >= 4 is 69.3 Å². The quantitative estimate of drug-likeness (QED) is 0.0789. The van der Waals surface area contributed by atoms with Crippen LogP contribution in [0.15, 0.2) is 97.2 Å². The molecule has 5 aromatic rings. The zero-order valence-corrected chi connectivity index (χ0v) is 32.5. The maximum absolute atomic E-state index is 13.4. The van der Waals surface area contributed by atoms with Crippen molar-refractivity contribution in [2.24, 2.45) is 0 Å². The Labute approximate surface area is 339 Å². The van der Waals surface area contributed by atoms with Gasteiger partial charge in [0.05, 0.1) is 34.4 Å². The van der Waals surface area contributed by atoms with Crippen LogP contribution in [0.2, 0.25) is 0 Å². The normalized spacial score (nSPS) is 14.9. The van der Waals surface area contributed by atoms with Gasteiger partial charge in [0, 0.05) is 62.1 Å². The molecular formula is C44H42N8O7. The number of likely N-dealkylation sites (N-methyl/N-ethyl adjacent to an activating group) is 1. The highest BCUT2D eigenvalue weighted by atomic mass is 16.2. The van der Waals surface area contributed by atoms with Gasteiger partial charge in [-0.3, -0.25) is 48.3 Å². The summed E-state index contributed by atoms with van der Waals surface area (Å²) in [6.07, 6.45) is 2.86. The van der Waals surface area contributed by atoms with Gasteiger partial charge in [0.15, 0.2) is 0 Å². The summed E-state index contributed by atoms with van der Waals surface area (Å²) in [5.41, 5.74) is 5.35. The van der Waals surface area contributed by atoms with Gasteiger partial charge in [0.2, 0.25) is 11.8 Å². The van der Waals surface area contributed by atoms with Gasteiger partial charge in [-0.25, -0.2) is 0 Å². The van der Waals surface area contributed by atoms with Gasteiger partial charge < -0.3 is 26.6 Å². The molecule has 59 heavy (non-hydrogen) atoms. The fourth-order valence-electron chi connectivity index (χ4n) is 7.18. The van der Waals surface area contributed by atoms with Gasteiger partial charge in [-0.15, -0.1) is 0 Å². The number of piperidine rings is 1. The molecule has 0 bridgehead atoms. The van der Waals surface area contributed by atoms with E-state index in [1.807, 2.05) is 60.7 Å². The third-order valence-electron chi connectivity index (χ3n) is 10.4. The topological polar surface area (TPSA) is 199 Å². The molecule has 0 saturated carbocycles. The number of aromatic nitrogens is 1. The molecule has 0 radical (unpaired) electrons. The maximum Gasteiger partial charge on any atom is 0.264 e. The molecule has 7 amide bonds. The standard InChI is InChI=1S/C44H42N8O7/c1-45-41(56)32-24-48-33-18-17-28(23-31(33)39(32)50-29-9-4-3-5-10-29)26-13-15-27(16-14-26)40(55)47-22-7-6-21-46-36(53)25-49-34-12-8-11-30-38(34)44(59)52(42(30)57)35-19-20-37(54)51(2)43(35)58/h3-5,8-18,23-24,35,49H,6-7,19-22,25H2,1-2H3,(H,45,56)(H,46,53)(H,47,55)(H,48,50). The molecule has 1 atom stereocenters. The van der Waals surface area contributed by atoms with Crippen molar-refractivity contribution in [2.45, 2.75) is 31.7 Å². The highest BCUT2D eigenvalue weighted by Gasteiger charge is 2.47. The van der Waals surface area contributed by atoms with Crippen LogP contribution in [-0.2, 0) is 14.4 Å². The molecule has 1 saturated heterocycles. The molecule has 2 aliphatic heterocycles. The molecule has 3 heterocycles. The molecule has 1 unspecified atom stereocenters. The van der Waals surface area contributed by atoms with Crippen LogP contribution in [0, 0.1) is 0 Å². The predicted molar refractivity (Wildman–Crippen MR) is 221 cm³/mol. The van der Waals surface area contributed by atoms with Crippen LogP contribution in [0.4, 0.5) is 17.1 Å². The number of hydrogen-bond donors (Lipinski definition) is 5. The second-order valence-electron chi connectivity index (χ2n) is 14.1. The van der Waals surface area contributed by atoms with Crippen molar-refractivity contribution in [3.8, 4) is 11.1 Å². The van der Waals surface area contributed by atoms with Gasteiger partial charge in [0.25, 0.3) is 29.5 Å². The number of nitrogens with zero attached hydrogens (tertiary/aromatic N) is 3. The van der Waals surface area contributed by atoms with Gasteiger partial charge in [0.1, 0.15) is 6.04 Å². The monoisotopic (exact) mass is 794 g/mol. The third kappa shape index (κ3) is 8.35. The summed E-state index contributed by atoms with van der Waals surface area (Å²) in [4.78, 5) is 96.0. The predicted octanol–water partition coefficient (Wildman–Crippen LogP) is 4.49. The van der Waals surface area contributed by atoms with E-state index in [1.165, 1.54) is 13.1 Å². The fourth-order valence-corrected chi connectivity index (χ4v) is 7.18. The maximum atomic E-state index is 13.4. The number of unbranched alkanes of at least 4 members (excludes halogenated alkanes) is 1. The zero-order chi connectivity index (χ0) is 41.6. The lowest BCUT2D eigenvalue weighted by Gasteiger charge is -2.32. The van der Waals surface area contributed by atoms with E-state index in [9.17, 15) is 33.6 Å². The first-order valence-electron chi connectivity index (χ1n) is 19.2. The van der Waals surface area contributed by atoms with E-state index in [-0.39, 0.29) is 54.1 Å². The number of fused-ring (bicyclic) bond motifs is 2. The number of anilines is 3. The van der Waals surface area contributed by atoms with Crippen molar-refractivity contribution in [1.82, 2.24) is 30.7 Å². The van der Waals surface area contributed by atoms with Crippen LogP contribution in [0.3, 0.4) is 0 Å². The molecule has 1 aromatic heterocycles. The largest absolute Gasteiger partial charge is 0.375 e. The third-order valence-corrected chi connectivity index (χ3v) is 10.4. The number of nitrogens with one attached hydrogen (secondary N) is 5. The van der Waals surface area contributed by atoms with Crippen molar-refractivity contribution in [1.29, 1.82) is 0 Å². The summed E-state index contributed by atoms with van der Waals surface area (Å²) in [7, 11) is 2.91. The Morgan fingerprint density at radius 2 is 1.53 bits per heavy atom. The molecule has 1 fully saturated rings. The Hall–Kier alpha value is -7.42. The van der Waals surface area contributed by atoms with Crippen molar-refractivity contribution in [3.63, 3.8) is 0 Å². The highest BCUT2D eigenvalue weighted by Crippen LogP contribution is 2.34. The van der Waals surface area contributed by atoms with Crippen LogP contribution in [0.1, 0.15) is 67.1 Å². The van der Waals surface area contributed by atoms with Crippen molar-refractivity contribution < 1.29 is 33.6 Å². The number of pyridine rings is 1. The summed E-state index contributed by atoms with van der Waals surface area (Å²) in [5.74, 6) is -3.07. The minimum Gasteiger partial charge on any atom is -0.375 e. The van der Waals surface area contributed by atoms with Gasteiger partial charge >= 0.3 is 0 Å². The number of para-hydroxylation sites is 1. The lowest BCUT2D eigenvalue weighted by atomic mass is 9.99. The number of hydrogen-bond acceptors (Lipinski definition) is 10. The second-order valence-corrected chi connectivity index (χ2v) is 14.1. The summed E-state index contributed by atoms with van der Waals surface area (Å²) in [6.45, 7) is 0.588. The number of carbonyl (C=O) groups is 7.